The molecule has 0 fully saturated rings. The molecule has 7 N–H and O–H groups in total. The van der Waals surface area contributed by atoms with Gasteiger partial charge in [0.25, 0.3) is 0 Å². The lowest BCUT2D eigenvalue weighted by Gasteiger charge is -1.97. The van der Waals surface area contributed by atoms with E-state index in [9.17, 15) is 0 Å². The van der Waals surface area contributed by atoms with Crippen LogP contribution < -0.4 is 11.9 Å². The molecule has 0 saturated carbocycles. The van der Waals surface area contributed by atoms with E-state index in [1.165, 1.54) is 0 Å². The molecule has 0 heterocycles. The molecule has 0 aliphatic rings. The zero-order valence-corrected chi connectivity index (χ0v) is 4.17. The Morgan fingerprint density at radius 3 is 2.00 bits per heavy atom. The SMILES string of the molecule is N.NCC(O)CO. The molecule has 46 valence electrons. The third-order valence-corrected chi connectivity index (χ3v) is 0.483. The molecule has 0 saturated heterocycles. The molecule has 1 atom stereocenters. The summed E-state index contributed by atoms with van der Waals surface area (Å²) in [5.74, 6) is 0. The highest BCUT2D eigenvalue weighted by Crippen LogP contribution is 1.69. The van der Waals surface area contributed by atoms with Gasteiger partial charge in [-0.15, -0.1) is 0 Å². The lowest BCUT2D eigenvalue weighted by atomic mass is 10.4. The van der Waals surface area contributed by atoms with Gasteiger partial charge < -0.3 is 22.1 Å². The van der Waals surface area contributed by atoms with E-state index in [2.05, 4.69) is 0 Å². The molecule has 0 rings (SSSR count). The molecule has 0 aromatic rings. The predicted octanol–water partition coefficient (Wildman–Crippen LogP) is -1.54. The van der Waals surface area contributed by atoms with E-state index < -0.39 is 6.10 Å². The first-order valence-electron chi connectivity index (χ1n) is 1.80. The Kier molecular flexibility index (Phi) is 8.31. The fourth-order valence-corrected chi connectivity index (χ4v) is 0.0745. The predicted molar refractivity (Wildman–Crippen MR) is 27.2 cm³/mol. The van der Waals surface area contributed by atoms with Gasteiger partial charge in [0.1, 0.15) is 0 Å². The molecular formula is C3H12N2O2. The van der Waals surface area contributed by atoms with Crippen LogP contribution in [0.25, 0.3) is 0 Å². The van der Waals surface area contributed by atoms with Gasteiger partial charge in [0.05, 0.1) is 12.7 Å². The maximum atomic E-state index is 8.29. The number of aliphatic hydroxyl groups excluding tert-OH is 2. The van der Waals surface area contributed by atoms with Crippen molar-refractivity contribution in [3.05, 3.63) is 0 Å². The molecule has 1 unspecified atom stereocenters. The minimum Gasteiger partial charge on any atom is -0.394 e. The van der Waals surface area contributed by atoms with E-state index in [0.29, 0.717) is 0 Å². The van der Waals surface area contributed by atoms with Crippen LogP contribution in [0.5, 0.6) is 0 Å². The molecule has 0 radical (unpaired) electrons. The summed E-state index contributed by atoms with van der Waals surface area (Å²) in [5.41, 5.74) is 4.87. The molecule has 7 heavy (non-hydrogen) atoms. The van der Waals surface area contributed by atoms with Crippen molar-refractivity contribution in [2.24, 2.45) is 5.73 Å². The molecule has 0 aliphatic heterocycles. The van der Waals surface area contributed by atoms with E-state index in [0.717, 1.165) is 0 Å². The molecule has 0 amide bonds. The van der Waals surface area contributed by atoms with Gasteiger partial charge in [0.2, 0.25) is 0 Å². The second-order valence-corrected chi connectivity index (χ2v) is 1.07. The summed E-state index contributed by atoms with van der Waals surface area (Å²) in [6.45, 7) is -0.104. The summed E-state index contributed by atoms with van der Waals surface area (Å²) in [6, 6.07) is 0. The molecule has 0 spiro atoms. The molecule has 0 bridgehead atoms. The normalized spacial score (nSPS) is 12.4. The highest BCUT2D eigenvalue weighted by molar-refractivity contribution is 4.48. The Morgan fingerprint density at radius 2 is 2.00 bits per heavy atom. The summed E-state index contributed by atoms with van der Waals surface area (Å²) >= 11 is 0. The topological polar surface area (TPSA) is 101 Å². The van der Waals surface area contributed by atoms with E-state index in [-0.39, 0.29) is 19.3 Å². The van der Waals surface area contributed by atoms with Crippen LogP contribution in [-0.4, -0.2) is 29.5 Å². The summed E-state index contributed by atoms with van der Waals surface area (Å²) < 4.78 is 0. The zero-order valence-electron chi connectivity index (χ0n) is 4.17. The van der Waals surface area contributed by atoms with Crippen molar-refractivity contribution >= 4 is 0 Å². The van der Waals surface area contributed by atoms with Crippen molar-refractivity contribution in [1.29, 1.82) is 0 Å². The number of nitrogens with two attached hydrogens (primary N) is 1. The Balaban J connectivity index is 0. The molecule has 0 aliphatic carbocycles. The largest absolute Gasteiger partial charge is 0.394 e. The van der Waals surface area contributed by atoms with Gasteiger partial charge in [-0.3, -0.25) is 0 Å². The maximum absolute atomic E-state index is 8.29. The van der Waals surface area contributed by atoms with Crippen molar-refractivity contribution in [2.45, 2.75) is 6.10 Å². The Bertz CT molecular complexity index is 30.1. The summed E-state index contributed by atoms with van der Waals surface area (Å²) in [4.78, 5) is 0. The lowest BCUT2D eigenvalue weighted by molar-refractivity contribution is 0.102. The van der Waals surface area contributed by atoms with Gasteiger partial charge in [-0.1, -0.05) is 0 Å². The van der Waals surface area contributed by atoms with Gasteiger partial charge >= 0.3 is 0 Å². The van der Waals surface area contributed by atoms with Crippen molar-refractivity contribution < 1.29 is 10.2 Å². The fraction of sp³-hybridized carbons (Fsp3) is 1.00. The number of rotatable bonds is 2. The summed E-state index contributed by atoms with van der Waals surface area (Å²) in [5, 5.41) is 16.3. The van der Waals surface area contributed by atoms with Crippen molar-refractivity contribution in [3.63, 3.8) is 0 Å². The quantitative estimate of drug-likeness (QED) is 0.344. The molecule has 4 nitrogen and oxygen atoms in total. The number of hydrogen-bond acceptors (Lipinski definition) is 4. The standard InChI is InChI=1S/C3H9NO2.H3N/c4-1-3(6)2-5;/h3,5-6H,1-2,4H2;1H3. The maximum Gasteiger partial charge on any atom is 0.0892 e. The van der Waals surface area contributed by atoms with Crippen LogP contribution in [-0.2, 0) is 0 Å². The first kappa shape index (κ1) is 9.96. The van der Waals surface area contributed by atoms with E-state index in [1.807, 2.05) is 0 Å². The van der Waals surface area contributed by atoms with Crippen LogP contribution in [0.3, 0.4) is 0 Å². The molecule has 0 aromatic heterocycles. The van der Waals surface area contributed by atoms with Gasteiger partial charge in [-0.2, -0.15) is 0 Å². The van der Waals surface area contributed by atoms with Gasteiger partial charge in [0, 0.05) is 6.54 Å². The van der Waals surface area contributed by atoms with Crippen LogP contribution >= 0.6 is 0 Å². The minimum atomic E-state index is -0.731. The molecule has 0 aromatic carbocycles. The monoisotopic (exact) mass is 108 g/mol. The van der Waals surface area contributed by atoms with E-state index in [4.69, 9.17) is 15.9 Å². The number of hydrogen-bond donors (Lipinski definition) is 4. The molecule has 4 heteroatoms. The first-order valence-corrected chi connectivity index (χ1v) is 1.80. The number of aliphatic hydroxyl groups is 2. The Hall–Kier alpha value is -0.160. The average molecular weight is 108 g/mol. The Morgan fingerprint density at radius 1 is 1.57 bits per heavy atom. The van der Waals surface area contributed by atoms with Gasteiger partial charge in [-0.25, -0.2) is 0 Å². The van der Waals surface area contributed by atoms with E-state index >= 15 is 0 Å². The van der Waals surface area contributed by atoms with Crippen LogP contribution in [0.15, 0.2) is 0 Å². The van der Waals surface area contributed by atoms with Crippen LogP contribution in [0.4, 0.5) is 0 Å². The van der Waals surface area contributed by atoms with Crippen LogP contribution in [0.2, 0.25) is 0 Å². The highest BCUT2D eigenvalue weighted by atomic mass is 16.3. The zero-order chi connectivity index (χ0) is 4.99. The van der Waals surface area contributed by atoms with E-state index in [1.54, 1.807) is 0 Å². The Labute approximate surface area is 42.5 Å². The third kappa shape index (κ3) is 5.84. The second kappa shape index (κ2) is 5.84. The minimum absolute atomic E-state index is 0. The molecular weight excluding hydrogens is 96.0 g/mol. The lowest BCUT2D eigenvalue weighted by Crippen LogP contribution is -2.22. The second-order valence-electron chi connectivity index (χ2n) is 1.07. The van der Waals surface area contributed by atoms with Gasteiger partial charge in [-0.05, 0) is 0 Å². The van der Waals surface area contributed by atoms with Gasteiger partial charge in [0.15, 0.2) is 0 Å². The third-order valence-electron chi connectivity index (χ3n) is 0.483. The van der Waals surface area contributed by atoms with Crippen LogP contribution in [0, 0.1) is 0 Å². The van der Waals surface area contributed by atoms with Crippen LogP contribution in [0.1, 0.15) is 0 Å². The van der Waals surface area contributed by atoms with Crippen molar-refractivity contribution in [2.75, 3.05) is 13.2 Å². The first-order chi connectivity index (χ1) is 2.81. The van der Waals surface area contributed by atoms with Crippen molar-refractivity contribution in [3.8, 4) is 0 Å². The summed E-state index contributed by atoms with van der Waals surface area (Å²) in [7, 11) is 0. The van der Waals surface area contributed by atoms with Crippen molar-refractivity contribution in [1.82, 2.24) is 6.15 Å². The fourth-order valence-electron chi connectivity index (χ4n) is 0.0745. The average Bonchev–Trinajstić information content (AvgIpc) is 1.65. The summed E-state index contributed by atoms with van der Waals surface area (Å²) in [6.07, 6.45) is -0.731. The highest BCUT2D eigenvalue weighted by Gasteiger charge is 1.92. The smallest absolute Gasteiger partial charge is 0.0892 e.